The average Bonchev–Trinajstić information content (AvgIpc) is 3.32. The van der Waals surface area contributed by atoms with Gasteiger partial charge in [0.15, 0.2) is 0 Å². The summed E-state index contributed by atoms with van der Waals surface area (Å²) in [6.07, 6.45) is 67.5. The van der Waals surface area contributed by atoms with Crippen LogP contribution in [0.5, 0.6) is 0 Å². The maximum Gasteiger partial charge on any atom is 0.306 e. The molecule has 0 saturated carbocycles. The highest BCUT2D eigenvalue weighted by Crippen LogP contribution is 2.18. The van der Waals surface area contributed by atoms with Crippen molar-refractivity contribution in [3.05, 3.63) is 48.6 Å². The molecule has 0 aliphatic rings. The van der Waals surface area contributed by atoms with Crippen LogP contribution in [0.2, 0.25) is 0 Å². The Labute approximate surface area is 416 Å². The summed E-state index contributed by atoms with van der Waals surface area (Å²) in [4.78, 5) is 26.3. The number of hydrogen-bond acceptors (Lipinski definition) is 5. The minimum Gasteiger partial charge on any atom is -0.462 e. The molecule has 3 N–H and O–H groups in total. The number of rotatable bonds is 53. The van der Waals surface area contributed by atoms with Gasteiger partial charge in [-0.05, 0) is 83.5 Å². The first-order valence-corrected chi connectivity index (χ1v) is 29.4. The maximum absolute atomic E-state index is 13.3. The molecule has 0 aromatic rings. The molecule has 0 bridgehead atoms. The van der Waals surface area contributed by atoms with Crippen molar-refractivity contribution in [2.75, 3.05) is 6.61 Å². The molecule has 67 heavy (non-hydrogen) atoms. The summed E-state index contributed by atoms with van der Waals surface area (Å²) in [6, 6.07) is -0.708. The SMILES string of the molecule is CC/C=C/C/C=C/C/C=C/CCCCCCCCC(=O)OC(CCCCCCC/C=C/CCCCCCCC)CC(=O)NC(CO)C(O)CCCCCCCCCCCCCCCCCCC. The zero-order valence-corrected chi connectivity index (χ0v) is 44.8. The highest BCUT2D eigenvalue weighted by molar-refractivity contribution is 5.77. The maximum atomic E-state index is 13.3. The molecule has 0 aliphatic heterocycles. The molecular weight excluding hydrogens is 827 g/mol. The first-order valence-electron chi connectivity index (χ1n) is 29.4. The van der Waals surface area contributed by atoms with Crippen LogP contribution in [-0.4, -0.2) is 46.9 Å². The Morgan fingerprint density at radius 2 is 0.806 bits per heavy atom. The van der Waals surface area contributed by atoms with Crippen LogP contribution in [0, 0.1) is 0 Å². The van der Waals surface area contributed by atoms with Crippen LogP contribution in [0.25, 0.3) is 0 Å². The molecule has 0 heterocycles. The summed E-state index contributed by atoms with van der Waals surface area (Å²) >= 11 is 0. The molecule has 0 saturated heterocycles. The van der Waals surface area contributed by atoms with E-state index in [4.69, 9.17) is 4.74 Å². The number of carbonyl (C=O) groups is 2. The molecule has 6 heteroatoms. The van der Waals surface area contributed by atoms with Gasteiger partial charge in [-0.2, -0.15) is 0 Å². The van der Waals surface area contributed by atoms with Crippen LogP contribution in [0.15, 0.2) is 48.6 Å². The fourth-order valence-electron chi connectivity index (χ4n) is 8.97. The van der Waals surface area contributed by atoms with Crippen molar-refractivity contribution in [1.29, 1.82) is 0 Å². The molecule has 3 atom stereocenters. The fraction of sp³-hybridized carbons (Fsp3) is 0.836. The van der Waals surface area contributed by atoms with E-state index in [9.17, 15) is 19.8 Å². The average molecular weight is 941 g/mol. The number of aliphatic hydroxyl groups is 2. The second kappa shape index (κ2) is 54.8. The van der Waals surface area contributed by atoms with Crippen molar-refractivity contribution >= 4 is 11.9 Å². The Bertz CT molecular complexity index is 1150. The van der Waals surface area contributed by atoms with Crippen molar-refractivity contribution in [2.45, 2.75) is 322 Å². The van der Waals surface area contributed by atoms with Gasteiger partial charge in [0.1, 0.15) is 6.10 Å². The summed E-state index contributed by atoms with van der Waals surface area (Å²) in [7, 11) is 0. The summed E-state index contributed by atoms with van der Waals surface area (Å²) < 4.78 is 5.96. The topological polar surface area (TPSA) is 95.9 Å². The van der Waals surface area contributed by atoms with Gasteiger partial charge in [-0.25, -0.2) is 0 Å². The number of ether oxygens (including phenoxy) is 1. The van der Waals surface area contributed by atoms with E-state index in [1.807, 2.05) is 0 Å². The van der Waals surface area contributed by atoms with Crippen molar-refractivity contribution < 1.29 is 24.5 Å². The Morgan fingerprint density at radius 1 is 0.448 bits per heavy atom. The molecular formula is C61H113NO5. The highest BCUT2D eigenvalue weighted by Gasteiger charge is 2.24. The largest absolute Gasteiger partial charge is 0.462 e. The van der Waals surface area contributed by atoms with E-state index in [1.54, 1.807) is 0 Å². The molecule has 6 nitrogen and oxygen atoms in total. The third kappa shape index (κ3) is 50.0. The molecule has 3 unspecified atom stereocenters. The van der Waals surface area contributed by atoms with E-state index in [0.29, 0.717) is 19.3 Å². The molecule has 0 radical (unpaired) electrons. The van der Waals surface area contributed by atoms with E-state index in [2.05, 4.69) is 74.7 Å². The van der Waals surface area contributed by atoms with Gasteiger partial charge in [0.25, 0.3) is 0 Å². The van der Waals surface area contributed by atoms with Crippen molar-refractivity contribution in [3.63, 3.8) is 0 Å². The van der Waals surface area contributed by atoms with E-state index >= 15 is 0 Å². The predicted octanol–water partition coefficient (Wildman–Crippen LogP) is 18.2. The molecule has 1 amide bonds. The lowest BCUT2D eigenvalue weighted by atomic mass is 10.0. The normalized spacial score (nSPS) is 13.4. The lowest BCUT2D eigenvalue weighted by Gasteiger charge is -2.24. The van der Waals surface area contributed by atoms with Crippen LogP contribution in [0.1, 0.15) is 303 Å². The van der Waals surface area contributed by atoms with E-state index in [0.717, 1.165) is 83.5 Å². The summed E-state index contributed by atoms with van der Waals surface area (Å²) in [5, 5.41) is 23.9. The summed E-state index contributed by atoms with van der Waals surface area (Å²) in [5.74, 6) is -0.485. The van der Waals surface area contributed by atoms with Crippen LogP contribution in [0.3, 0.4) is 0 Å². The van der Waals surface area contributed by atoms with Crippen molar-refractivity contribution in [3.8, 4) is 0 Å². The zero-order valence-electron chi connectivity index (χ0n) is 44.8. The molecule has 0 spiro atoms. The minimum atomic E-state index is -0.793. The van der Waals surface area contributed by atoms with E-state index in [-0.39, 0.29) is 24.9 Å². The third-order valence-corrected chi connectivity index (χ3v) is 13.4. The van der Waals surface area contributed by atoms with Gasteiger partial charge in [-0.3, -0.25) is 9.59 Å². The van der Waals surface area contributed by atoms with Gasteiger partial charge in [0, 0.05) is 6.42 Å². The van der Waals surface area contributed by atoms with Crippen LogP contribution >= 0.6 is 0 Å². The van der Waals surface area contributed by atoms with E-state index < -0.39 is 18.2 Å². The molecule has 392 valence electrons. The van der Waals surface area contributed by atoms with Gasteiger partial charge in [-0.15, -0.1) is 0 Å². The highest BCUT2D eigenvalue weighted by atomic mass is 16.5. The first-order chi connectivity index (χ1) is 33.0. The minimum absolute atomic E-state index is 0.0680. The standard InChI is InChI=1S/C61H113NO5/c1-4-7-10-13-16-19-22-25-28-30-32-35-38-41-44-47-50-53-59(64)58(56-63)62-60(65)55-57(52-49-46-43-40-37-34-31-27-24-21-18-15-12-9-6-3)67-61(66)54-51-48-45-42-39-36-33-29-26-23-20-17-14-11-8-5-2/h8,11,17,20,26-27,29,31,57-59,63-64H,4-7,9-10,12-16,18-19,21-25,28,30,32-56H2,1-3H3,(H,62,65)/b11-8+,20-17+,29-26+,31-27+. The van der Waals surface area contributed by atoms with Gasteiger partial charge in [0.05, 0.1) is 25.2 Å². The summed E-state index contributed by atoms with van der Waals surface area (Å²) in [6.45, 7) is 6.40. The number of hydrogen-bond donors (Lipinski definition) is 3. The smallest absolute Gasteiger partial charge is 0.306 e. The second-order valence-corrected chi connectivity index (χ2v) is 20.0. The lowest BCUT2D eigenvalue weighted by Crippen LogP contribution is -2.46. The Morgan fingerprint density at radius 3 is 1.24 bits per heavy atom. The number of unbranched alkanes of at least 4 members (excludes halogenated alkanes) is 33. The van der Waals surface area contributed by atoms with Gasteiger partial charge < -0.3 is 20.3 Å². The third-order valence-electron chi connectivity index (χ3n) is 13.4. The Hall–Kier alpha value is -2.18. The van der Waals surface area contributed by atoms with Crippen LogP contribution in [-0.2, 0) is 14.3 Å². The van der Waals surface area contributed by atoms with Gasteiger partial charge in [0.2, 0.25) is 5.91 Å². The lowest BCUT2D eigenvalue weighted by molar-refractivity contribution is -0.151. The molecule has 0 aromatic heterocycles. The quantitative estimate of drug-likeness (QED) is 0.0321. The first kappa shape index (κ1) is 64.8. The van der Waals surface area contributed by atoms with Gasteiger partial charge in [-0.1, -0.05) is 256 Å². The molecule has 0 aliphatic carbocycles. The van der Waals surface area contributed by atoms with E-state index in [1.165, 1.54) is 173 Å². The summed E-state index contributed by atoms with van der Waals surface area (Å²) in [5.41, 5.74) is 0. The fourth-order valence-corrected chi connectivity index (χ4v) is 8.97. The number of amides is 1. The number of nitrogens with one attached hydrogen (secondary N) is 1. The molecule has 0 rings (SSSR count). The van der Waals surface area contributed by atoms with Crippen molar-refractivity contribution in [1.82, 2.24) is 5.32 Å². The predicted molar refractivity (Wildman–Crippen MR) is 292 cm³/mol. The monoisotopic (exact) mass is 940 g/mol. The number of esters is 1. The van der Waals surface area contributed by atoms with Crippen molar-refractivity contribution in [2.24, 2.45) is 0 Å². The second-order valence-electron chi connectivity index (χ2n) is 20.0. The van der Waals surface area contributed by atoms with Crippen LogP contribution < -0.4 is 5.32 Å². The van der Waals surface area contributed by atoms with Gasteiger partial charge >= 0.3 is 5.97 Å². The Balaban J connectivity index is 4.55. The number of carbonyl (C=O) groups excluding carboxylic acids is 2. The van der Waals surface area contributed by atoms with Crippen LogP contribution in [0.4, 0.5) is 0 Å². The molecule has 0 fully saturated rings. The molecule has 0 aromatic carbocycles. The number of aliphatic hydroxyl groups excluding tert-OH is 2. The Kier molecular flexibility index (Phi) is 53.0. The zero-order chi connectivity index (χ0) is 48.8. The number of allylic oxidation sites excluding steroid dienone is 8.